The molecule has 29 heavy (non-hydrogen) atoms. The van der Waals surface area contributed by atoms with E-state index in [9.17, 15) is 4.79 Å². The molecular formula is C23H29N3O3. The first-order valence-corrected chi connectivity index (χ1v) is 10.3. The highest BCUT2D eigenvalue weighted by molar-refractivity contribution is 5.94. The highest BCUT2D eigenvalue weighted by Crippen LogP contribution is 2.35. The minimum absolute atomic E-state index is 0.0838. The number of ether oxygens (including phenoxy) is 2. The topological polar surface area (TPSA) is 54.9 Å². The second-order valence-corrected chi connectivity index (χ2v) is 8.15. The summed E-state index contributed by atoms with van der Waals surface area (Å²) in [6.07, 6.45) is 5.68. The van der Waals surface area contributed by atoms with E-state index in [0.29, 0.717) is 11.3 Å². The van der Waals surface area contributed by atoms with Crippen molar-refractivity contribution in [1.82, 2.24) is 14.8 Å². The molecule has 2 aliphatic rings. The van der Waals surface area contributed by atoms with Crippen LogP contribution < -0.4 is 4.74 Å². The van der Waals surface area contributed by atoms with Crippen molar-refractivity contribution in [1.29, 1.82) is 0 Å². The summed E-state index contributed by atoms with van der Waals surface area (Å²) in [6.45, 7) is 5.89. The number of carbonyl (C=O) groups is 1. The lowest BCUT2D eigenvalue weighted by molar-refractivity contribution is 0.0145. The Labute approximate surface area is 172 Å². The Balaban J connectivity index is 1.39. The fourth-order valence-corrected chi connectivity index (χ4v) is 4.39. The van der Waals surface area contributed by atoms with Gasteiger partial charge in [-0.05, 0) is 42.7 Å². The molecule has 1 aromatic heterocycles. The molecule has 2 saturated heterocycles. The molecule has 0 aliphatic carbocycles. The third kappa shape index (κ3) is 4.77. The maximum absolute atomic E-state index is 12.9. The fourth-order valence-electron chi connectivity index (χ4n) is 4.39. The summed E-state index contributed by atoms with van der Waals surface area (Å²) >= 11 is 0. The minimum Gasteiger partial charge on any atom is -0.497 e. The van der Waals surface area contributed by atoms with Gasteiger partial charge in [0.1, 0.15) is 5.75 Å². The van der Waals surface area contributed by atoms with E-state index < -0.39 is 0 Å². The Bertz CT molecular complexity index is 819. The van der Waals surface area contributed by atoms with Gasteiger partial charge in [0.2, 0.25) is 0 Å². The second kappa shape index (κ2) is 8.93. The normalized spacial score (nSPS) is 19.7. The lowest BCUT2D eigenvalue weighted by Crippen LogP contribution is -2.48. The van der Waals surface area contributed by atoms with Crippen LogP contribution >= 0.6 is 0 Å². The van der Waals surface area contributed by atoms with Gasteiger partial charge in [-0.25, -0.2) is 0 Å². The largest absolute Gasteiger partial charge is 0.497 e. The van der Waals surface area contributed by atoms with E-state index in [0.717, 1.165) is 58.8 Å². The van der Waals surface area contributed by atoms with Crippen LogP contribution in [0.2, 0.25) is 0 Å². The minimum atomic E-state index is 0.0838. The zero-order valence-corrected chi connectivity index (χ0v) is 17.0. The quantitative estimate of drug-likeness (QED) is 0.797. The zero-order chi connectivity index (χ0) is 20.1. The molecule has 3 heterocycles. The molecule has 0 radical (unpaired) electrons. The number of aromatic nitrogens is 1. The molecular weight excluding hydrogens is 366 g/mol. The van der Waals surface area contributed by atoms with Crippen LogP contribution in [0.3, 0.4) is 0 Å². The van der Waals surface area contributed by atoms with Crippen LogP contribution in [0.5, 0.6) is 5.75 Å². The van der Waals surface area contributed by atoms with Gasteiger partial charge in [0.05, 0.1) is 20.3 Å². The second-order valence-electron chi connectivity index (χ2n) is 8.15. The SMILES string of the molecule is COc1cccc(C(=O)N2CCC3(CC2)COCCN(Cc2cccnc2)C3)c1. The van der Waals surface area contributed by atoms with Crippen molar-refractivity contribution in [2.24, 2.45) is 5.41 Å². The van der Waals surface area contributed by atoms with E-state index in [-0.39, 0.29) is 11.3 Å². The summed E-state index contributed by atoms with van der Waals surface area (Å²) < 4.78 is 11.2. The molecule has 6 nitrogen and oxygen atoms in total. The van der Waals surface area contributed by atoms with Crippen LogP contribution in [0.15, 0.2) is 48.8 Å². The molecule has 2 aliphatic heterocycles. The van der Waals surface area contributed by atoms with Crippen molar-refractivity contribution in [3.8, 4) is 5.75 Å². The summed E-state index contributed by atoms with van der Waals surface area (Å²) in [6, 6.07) is 11.5. The number of carbonyl (C=O) groups excluding carboxylic acids is 1. The van der Waals surface area contributed by atoms with Crippen LogP contribution in [0, 0.1) is 5.41 Å². The summed E-state index contributed by atoms with van der Waals surface area (Å²) in [5.74, 6) is 0.799. The lowest BCUT2D eigenvalue weighted by Gasteiger charge is -2.42. The van der Waals surface area contributed by atoms with Crippen molar-refractivity contribution in [3.05, 3.63) is 59.9 Å². The molecule has 1 aromatic carbocycles. The molecule has 0 saturated carbocycles. The molecule has 154 valence electrons. The molecule has 0 N–H and O–H groups in total. The number of benzene rings is 1. The third-order valence-electron chi connectivity index (χ3n) is 6.08. The number of piperidine rings is 1. The molecule has 4 rings (SSSR count). The van der Waals surface area contributed by atoms with Gasteiger partial charge in [0, 0.05) is 56.1 Å². The average molecular weight is 396 g/mol. The zero-order valence-electron chi connectivity index (χ0n) is 17.0. The smallest absolute Gasteiger partial charge is 0.253 e. The number of methoxy groups -OCH3 is 1. The first-order chi connectivity index (χ1) is 14.2. The van der Waals surface area contributed by atoms with Crippen LogP contribution in [0.1, 0.15) is 28.8 Å². The number of hydrogen-bond donors (Lipinski definition) is 0. The van der Waals surface area contributed by atoms with Crippen molar-refractivity contribution in [2.45, 2.75) is 19.4 Å². The standard InChI is InChI=1S/C23H29N3O3/c1-28-21-6-2-5-20(14-21)22(27)26-10-7-23(8-11-26)17-25(12-13-29-18-23)16-19-4-3-9-24-15-19/h2-6,9,14-15H,7-8,10-13,16-18H2,1H3. The van der Waals surface area contributed by atoms with E-state index in [1.165, 1.54) is 5.56 Å². The molecule has 0 atom stereocenters. The summed E-state index contributed by atoms with van der Waals surface area (Å²) in [5.41, 5.74) is 2.04. The Morgan fingerprint density at radius 3 is 2.83 bits per heavy atom. The Kier molecular flexibility index (Phi) is 6.11. The van der Waals surface area contributed by atoms with Gasteiger partial charge in [0.25, 0.3) is 5.91 Å². The number of pyridine rings is 1. The van der Waals surface area contributed by atoms with Crippen LogP contribution in [-0.4, -0.2) is 67.2 Å². The first-order valence-electron chi connectivity index (χ1n) is 10.3. The molecule has 2 aromatic rings. The highest BCUT2D eigenvalue weighted by Gasteiger charge is 2.39. The van der Waals surface area contributed by atoms with E-state index >= 15 is 0 Å². The summed E-state index contributed by atoms with van der Waals surface area (Å²) in [4.78, 5) is 21.6. The number of hydrogen-bond acceptors (Lipinski definition) is 5. The van der Waals surface area contributed by atoms with Crippen LogP contribution in [-0.2, 0) is 11.3 Å². The lowest BCUT2D eigenvalue weighted by atomic mass is 9.78. The van der Waals surface area contributed by atoms with E-state index in [1.807, 2.05) is 47.6 Å². The predicted octanol–water partition coefficient (Wildman–Crippen LogP) is 2.85. The third-order valence-corrected chi connectivity index (χ3v) is 6.08. The predicted molar refractivity (Wildman–Crippen MR) is 111 cm³/mol. The summed E-state index contributed by atoms with van der Waals surface area (Å²) in [5, 5.41) is 0. The highest BCUT2D eigenvalue weighted by atomic mass is 16.5. The van der Waals surface area contributed by atoms with Crippen LogP contribution in [0.4, 0.5) is 0 Å². The van der Waals surface area contributed by atoms with E-state index in [2.05, 4.69) is 16.0 Å². The van der Waals surface area contributed by atoms with Crippen LogP contribution in [0.25, 0.3) is 0 Å². The first kappa shape index (κ1) is 19.9. The Morgan fingerprint density at radius 2 is 2.07 bits per heavy atom. The van der Waals surface area contributed by atoms with Gasteiger partial charge < -0.3 is 14.4 Å². The van der Waals surface area contributed by atoms with Crippen molar-refractivity contribution in [3.63, 3.8) is 0 Å². The van der Waals surface area contributed by atoms with E-state index in [1.54, 1.807) is 7.11 Å². The maximum atomic E-state index is 12.9. The van der Waals surface area contributed by atoms with Crippen molar-refractivity contribution < 1.29 is 14.3 Å². The Hall–Kier alpha value is -2.44. The fraction of sp³-hybridized carbons (Fsp3) is 0.478. The maximum Gasteiger partial charge on any atom is 0.253 e. The molecule has 0 bridgehead atoms. The van der Waals surface area contributed by atoms with Gasteiger partial charge in [-0.2, -0.15) is 0 Å². The molecule has 0 unspecified atom stereocenters. The number of rotatable bonds is 4. The molecule has 1 spiro atoms. The Morgan fingerprint density at radius 1 is 1.21 bits per heavy atom. The molecule has 6 heteroatoms. The van der Waals surface area contributed by atoms with Crippen molar-refractivity contribution >= 4 is 5.91 Å². The van der Waals surface area contributed by atoms with Gasteiger partial charge >= 0.3 is 0 Å². The van der Waals surface area contributed by atoms with Gasteiger partial charge in [0.15, 0.2) is 0 Å². The van der Waals surface area contributed by atoms with E-state index in [4.69, 9.17) is 9.47 Å². The molecule has 2 fully saturated rings. The monoisotopic (exact) mass is 395 g/mol. The van der Waals surface area contributed by atoms with Gasteiger partial charge in [-0.15, -0.1) is 0 Å². The number of nitrogens with zero attached hydrogens (tertiary/aromatic N) is 3. The molecule has 1 amide bonds. The number of amides is 1. The van der Waals surface area contributed by atoms with Gasteiger partial charge in [-0.3, -0.25) is 14.7 Å². The van der Waals surface area contributed by atoms with Crippen molar-refractivity contribution in [2.75, 3.05) is 46.5 Å². The van der Waals surface area contributed by atoms with Gasteiger partial charge in [-0.1, -0.05) is 12.1 Å². The number of likely N-dealkylation sites (tertiary alicyclic amines) is 1. The average Bonchev–Trinajstić information content (AvgIpc) is 2.96. The summed E-state index contributed by atoms with van der Waals surface area (Å²) in [7, 11) is 1.62.